The van der Waals surface area contributed by atoms with Crippen molar-refractivity contribution in [2.75, 3.05) is 52.9 Å². The first kappa shape index (κ1) is 33.9. The molecule has 0 saturated carbocycles. The van der Waals surface area contributed by atoms with Gasteiger partial charge in [-0.15, -0.1) is 0 Å². The number of fused-ring (bicyclic) bond motifs is 2. The first-order valence-corrected chi connectivity index (χ1v) is 14.1. The summed E-state index contributed by atoms with van der Waals surface area (Å²) in [5.41, 5.74) is 1.73. The number of pyridine rings is 2. The summed E-state index contributed by atoms with van der Waals surface area (Å²) >= 11 is 0. The minimum Gasteiger partial charge on any atom is -0.489 e. The van der Waals surface area contributed by atoms with Crippen molar-refractivity contribution in [2.24, 2.45) is 0 Å². The molecule has 15 heteroatoms. The molecule has 2 aromatic carbocycles. The maximum Gasteiger partial charge on any atom is 0.145 e. The Bertz CT molecular complexity index is 1260. The van der Waals surface area contributed by atoms with Gasteiger partial charge in [-0.1, -0.05) is 36.4 Å². The zero-order chi connectivity index (χ0) is 29.0. The van der Waals surface area contributed by atoms with Crippen LogP contribution in [-0.2, 0) is 14.2 Å². The van der Waals surface area contributed by atoms with E-state index in [4.69, 9.17) is 23.7 Å². The molecule has 0 aliphatic carbocycles. The van der Waals surface area contributed by atoms with E-state index in [9.17, 15) is 25.2 Å². The molecule has 0 atom stereocenters. The molecule has 4 rings (SSSR count). The molecular weight excluding hydrogens is 579 g/mol. The van der Waals surface area contributed by atoms with Crippen molar-refractivity contribution < 1.29 is 48.9 Å². The Morgan fingerprint density at radius 3 is 1.17 bits per heavy atom. The van der Waals surface area contributed by atoms with Crippen molar-refractivity contribution in [1.29, 1.82) is 0 Å². The standard InChI is InChI=1S/C26H28N2O5.F6P.H3N/c1-5-21-7-3-11-27-25(21)23(9-1)32-19-17-30-15-13-29-14-16-31-18-20-33-24-10-2-6-22-8-4-12-28-26(22)24;1-7(2,3,4,5)6;/h1-12H,13-20H2;;1H3/q;-1;/p+1. The van der Waals surface area contributed by atoms with E-state index in [0.717, 1.165) is 33.3 Å². The van der Waals surface area contributed by atoms with Gasteiger partial charge in [0.25, 0.3) is 0 Å². The van der Waals surface area contributed by atoms with Crippen LogP contribution < -0.4 is 15.6 Å². The van der Waals surface area contributed by atoms with Gasteiger partial charge in [0.2, 0.25) is 0 Å². The van der Waals surface area contributed by atoms with E-state index in [-0.39, 0.29) is 6.15 Å². The van der Waals surface area contributed by atoms with Crippen molar-refractivity contribution in [3.63, 3.8) is 0 Å². The summed E-state index contributed by atoms with van der Waals surface area (Å²) in [7, 11) is -10.7. The van der Waals surface area contributed by atoms with E-state index < -0.39 is 7.81 Å². The number of halogens is 6. The average Bonchev–Trinajstić information content (AvgIpc) is 2.89. The summed E-state index contributed by atoms with van der Waals surface area (Å²) in [6, 6.07) is 19.7. The van der Waals surface area contributed by atoms with Gasteiger partial charge < -0.3 is 29.8 Å². The molecule has 0 aliphatic heterocycles. The van der Waals surface area contributed by atoms with Crippen LogP contribution in [0, 0.1) is 0 Å². The molecule has 4 N–H and O–H groups in total. The fraction of sp³-hybridized carbons (Fsp3) is 0.308. The first-order chi connectivity index (χ1) is 18.9. The maximum absolute atomic E-state index is 10.7. The number of nitrogens with zero attached hydrogens (tertiary/aromatic N) is 2. The second kappa shape index (κ2) is 14.6. The molecule has 0 unspecified atom stereocenters. The fourth-order valence-electron chi connectivity index (χ4n) is 3.35. The second-order valence-corrected chi connectivity index (χ2v) is 10.1. The molecule has 0 amide bonds. The molecule has 2 heterocycles. The Hall–Kier alpha value is -3.29. The van der Waals surface area contributed by atoms with E-state index in [1.165, 1.54) is 0 Å². The molecule has 2 aromatic heterocycles. The topological polar surface area (TPSA) is 108 Å². The van der Waals surface area contributed by atoms with Crippen molar-refractivity contribution in [1.82, 2.24) is 16.1 Å². The minimum atomic E-state index is -10.7. The van der Waals surface area contributed by atoms with E-state index in [1.54, 1.807) is 12.4 Å². The normalized spacial score (nSPS) is 12.9. The Kier molecular flexibility index (Phi) is 12.0. The van der Waals surface area contributed by atoms with Gasteiger partial charge in [0.1, 0.15) is 35.7 Å². The second-order valence-electron chi connectivity index (χ2n) is 8.15. The van der Waals surface area contributed by atoms with Gasteiger partial charge in [0, 0.05) is 23.2 Å². The molecule has 0 fully saturated rings. The van der Waals surface area contributed by atoms with E-state index in [2.05, 4.69) is 9.97 Å². The summed E-state index contributed by atoms with van der Waals surface area (Å²) in [5, 5.41) is 2.12. The van der Waals surface area contributed by atoms with Gasteiger partial charge in [-0.2, -0.15) is 0 Å². The van der Waals surface area contributed by atoms with Crippen LogP contribution in [0.1, 0.15) is 0 Å². The van der Waals surface area contributed by atoms with Gasteiger partial charge in [0.15, 0.2) is 0 Å². The van der Waals surface area contributed by atoms with Gasteiger partial charge in [-0.05, 0) is 24.3 Å². The summed E-state index contributed by atoms with van der Waals surface area (Å²) in [6.07, 6.45) is 3.53. The molecule has 228 valence electrons. The number of aromatic nitrogens is 2. The zero-order valence-electron chi connectivity index (χ0n) is 22.2. The van der Waals surface area contributed by atoms with Crippen LogP contribution >= 0.6 is 7.81 Å². The molecule has 0 bridgehead atoms. The number of ether oxygens (including phenoxy) is 5. The molecule has 4 aromatic rings. The number of hydrogen-bond acceptors (Lipinski definition) is 7. The molecule has 0 spiro atoms. The third-order valence-electron chi connectivity index (χ3n) is 4.91. The average molecular weight is 612 g/mol. The molecule has 0 radical (unpaired) electrons. The van der Waals surface area contributed by atoms with Crippen LogP contribution in [0.5, 0.6) is 11.5 Å². The number of benzene rings is 2. The molecule has 0 aliphatic rings. The van der Waals surface area contributed by atoms with Crippen molar-refractivity contribution in [3.05, 3.63) is 73.1 Å². The quantitative estimate of drug-likeness (QED) is 0.0873. The first-order valence-electron chi connectivity index (χ1n) is 12.1. The number of para-hydroxylation sites is 2. The summed E-state index contributed by atoms with van der Waals surface area (Å²) < 4.78 is 87.4. The van der Waals surface area contributed by atoms with E-state index >= 15 is 0 Å². The fourth-order valence-corrected chi connectivity index (χ4v) is 3.35. The van der Waals surface area contributed by atoms with Gasteiger partial charge in [-0.3, -0.25) is 9.97 Å². The summed E-state index contributed by atoms with van der Waals surface area (Å²) in [6.45, 7) is 3.94. The Balaban J connectivity index is 0.000000655. The predicted molar refractivity (Wildman–Crippen MR) is 146 cm³/mol. The van der Waals surface area contributed by atoms with Crippen molar-refractivity contribution >= 4 is 29.6 Å². The number of hydrogen-bond donors (Lipinski definition) is 1. The van der Waals surface area contributed by atoms with Gasteiger partial charge in [0.05, 0.1) is 39.6 Å². The Labute approximate surface area is 232 Å². The monoisotopic (exact) mass is 611 g/mol. The molecular formula is C26H32F6N3O5P. The minimum absolute atomic E-state index is 0. The predicted octanol–water partition coefficient (Wildman–Crippen LogP) is 8.05. The summed E-state index contributed by atoms with van der Waals surface area (Å²) in [4.78, 5) is 8.75. The number of rotatable bonds is 14. The van der Waals surface area contributed by atoms with E-state index in [0.29, 0.717) is 52.9 Å². The summed E-state index contributed by atoms with van der Waals surface area (Å²) in [5.74, 6) is 1.54. The molecule has 0 saturated heterocycles. The SMILES string of the molecule is F[P-](F)(F)(F)(F)F.[NH4+].c1cnc2c(OCCOCCOCCOCCOc3cccc4cccnc34)cccc2c1. The third kappa shape index (κ3) is 14.8. The van der Waals surface area contributed by atoms with Crippen molar-refractivity contribution in [3.8, 4) is 11.5 Å². The molecule has 8 nitrogen and oxygen atoms in total. The van der Waals surface area contributed by atoms with Crippen LogP contribution in [-0.4, -0.2) is 62.8 Å². The number of quaternary nitrogens is 1. The van der Waals surface area contributed by atoms with E-state index in [1.807, 2.05) is 60.7 Å². The largest absolute Gasteiger partial charge is 0.489 e. The molecule has 41 heavy (non-hydrogen) atoms. The third-order valence-corrected chi connectivity index (χ3v) is 4.91. The van der Waals surface area contributed by atoms with Crippen LogP contribution in [0.25, 0.3) is 21.8 Å². The van der Waals surface area contributed by atoms with Crippen LogP contribution in [0.3, 0.4) is 0 Å². The smallest absolute Gasteiger partial charge is 0.145 e. The Morgan fingerprint density at radius 2 is 0.805 bits per heavy atom. The zero-order valence-corrected chi connectivity index (χ0v) is 23.1. The maximum atomic E-state index is 9.87. The Morgan fingerprint density at radius 1 is 0.488 bits per heavy atom. The van der Waals surface area contributed by atoms with Gasteiger partial charge >= 0.3 is 33.0 Å². The van der Waals surface area contributed by atoms with Crippen LogP contribution in [0.4, 0.5) is 25.2 Å². The van der Waals surface area contributed by atoms with Crippen molar-refractivity contribution in [2.45, 2.75) is 0 Å². The van der Waals surface area contributed by atoms with Crippen LogP contribution in [0.2, 0.25) is 0 Å². The van der Waals surface area contributed by atoms with Gasteiger partial charge in [-0.25, -0.2) is 0 Å². The van der Waals surface area contributed by atoms with Crippen LogP contribution in [0.15, 0.2) is 73.1 Å².